The zero-order chi connectivity index (χ0) is 7.49. The van der Waals surface area contributed by atoms with Gasteiger partial charge in [-0.15, -0.1) is 0 Å². The van der Waals surface area contributed by atoms with Crippen LogP contribution in [0.3, 0.4) is 0 Å². The van der Waals surface area contributed by atoms with Crippen LogP contribution in [-0.4, -0.2) is 5.79 Å². The van der Waals surface area contributed by atoms with Crippen LogP contribution in [0.25, 0.3) is 0 Å². The fourth-order valence-electron chi connectivity index (χ4n) is 0.539. The lowest BCUT2D eigenvalue weighted by molar-refractivity contribution is 0.378. The van der Waals surface area contributed by atoms with Crippen molar-refractivity contribution in [2.24, 2.45) is 23.1 Å². The summed E-state index contributed by atoms with van der Waals surface area (Å²) in [5, 5.41) is 0. The van der Waals surface area contributed by atoms with Gasteiger partial charge in [-0.3, -0.25) is 0 Å². The van der Waals surface area contributed by atoms with Crippen LogP contribution in [0.4, 0.5) is 0 Å². The molecule has 0 aliphatic carbocycles. The van der Waals surface area contributed by atoms with E-state index in [0.717, 1.165) is 6.42 Å². The van der Waals surface area contributed by atoms with Gasteiger partial charge in [0.2, 0.25) is 0 Å². The predicted octanol–water partition coefficient (Wildman–Crippen LogP) is -0.0475. The summed E-state index contributed by atoms with van der Waals surface area (Å²) in [4.78, 5) is 0. The molecule has 3 nitrogen and oxygen atoms in total. The summed E-state index contributed by atoms with van der Waals surface area (Å²) >= 11 is 0. The van der Waals surface area contributed by atoms with Crippen LogP contribution < -0.4 is 17.2 Å². The smallest absolute Gasteiger partial charge is 0.115 e. The van der Waals surface area contributed by atoms with Gasteiger partial charge in [-0.2, -0.15) is 0 Å². The van der Waals surface area contributed by atoms with Crippen LogP contribution in [-0.2, 0) is 0 Å². The first-order chi connectivity index (χ1) is 3.92. The normalized spacial score (nSPS) is 12.7. The highest BCUT2D eigenvalue weighted by atomic mass is 15.1. The minimum absolute atomic E-state index is 0.625. The Morgan fingerprint density at radius 2 is 1.67 bits per heavy atom. The molecule has 3 heteroatoms. The topological polar surface area (TPSA) is 78.1 Å². The average molecular weight is 131 g/mol. The van der Waals surface area contributed by atoms with E-state index in [1.54, 1.807) is 0 Å². The second-order valence-corrected chi connectivity index (χ2v) is 3.04. The first kappa shape index (κ1) is 8.88. The van der Waals surface area contributed by atoms with Crippen molar-refractivity contribution in [3.05, 3.63) is 0 Å². The van der Waals surface area contributed by atoms with Gasteiger partial charge in [0.1, 0.15) is 5.79 Å². The molecule has 6 N–H and O–H groups in total. The van der Waals surface area contributed by atoms with Crippen molar-refractivity contribution in [2.45, 2.75) is 32.5 Å². The van der Waals surface area contributed by atoms with Gasteiger partial charge in [0.25, 0.3) is 0 Å². The summed E-state index contributed by atoms with van der Waals surface area (Å²) in [6.45, 7) is 4.23. The molecule has 0 saturated carbocycles. The number of hydrogen-bond donors (Lipinski definition) is 3. The van der Waals surface area contributed by atoms with Crippen molar-refractivity contribution < 1.29 is 0 Å². The molecule has 56 valence electrons. The van der Waals surface area contributed by atoms with E-state index in [-0.39, 0.29) is 0 Å². The molecule has 0 rings (SSSR count). The Morgan fingerprint density at radius 3 is 1.78 bits per heavy atom. The summed E-state index contributed by atoms with van der Waals surface area (Å²) in [6, 6.07) is 0. The highest BCUT2D eigenvalue weighted by Gasteiger charge is 2.11. The summed E-state index contributed by atoms with van der Waals surface area (Å²) in [5.74, 6) is -0.343. The van der Waals surface area contributed by atoms with Crippen LogP contribution in [0.15, 0.2) is 0 Å². The Labute approximate surface area is 56.6 Å². The quantitative estimate of drug-likeness (QED) is 0.470. The van der Waals surface area contributed by atoms with Crippen LogP contribution in [0.2, 0.25) is 0 Å². The standard InChI is InChI=1S/C6H17N3/c1-5(2)3-4-6(7,8)9/h5H,3-4,7-9H2,1-2H3. The van der Waals surface area contributed by atoms with E-state index in [2.05, 4.69) is 13.8 Å². The molecule has 0 aromatic heterocycles. The first-order valence-corrected chi connectivity index (χ1v) is 3.28. The summed E-state index contributed by atoms with van der Waals surface area (Å²) in [6.07, 6.45) is 1.67. The van der Waals surface area contributed by atoms with E-state index in [4.69, 9.17) is 17.2 Å². The van der Waals surface area contributed by atoms with Gasteiger partial charge >= 0.3 is 0 Å². The third-order valence-corrected chi connectivity index (χ3v) is 1.15. The third-order valence-electron chi connectivity index (χ3n) is 1.15. The fourth-order valence-corrected chi connectivity index (χ4v) is 0.539. The second-order valence-electron chi connectivity index (χ2n) is 3.04. The van der Waals surface area contributed by atoms with Gasteiger partial charge in [0, 0.05) is 0 Å². The van der Waals surface area contributed by atoms with Crippen LogP contribution in [0.1, 0.15) is 26.7 Å². The Bertz CT molecular complexity index is 72.9. The van der Waals surface area contributed by atoms with E-state index in [0.29, 0.717) is 12.3 Å². The molecule has 0 aliphatic rings. The molecule has 0 spiro atoms. The Hall–Kier alpha value is -0.120. The molecule has 9 heavy (non-hydrogen) atoms. The average Bonchev–Trinajstić information content (AvgIpc) is 1.59. The van der Waals surface area contributed by atoms with E-state index in [1.165, 1.54) is 0 Å². The molecule has 0 amide bonds. The van der Waals surface area contributed by atoms with Gasteiger partial charge in [-0.05, 0) is 18.8 Å². The van der Waals surface area contributed by atoms with E-state index >= 15 is 0 Å². The van der Waals surface area contributed by atoms with Crippen molar-refractivity contribution >= 4 is 0 Å². The summed E-state index contributed by atoms with van der Waals surface area (Å²) < 4.78 is 0. The number of nitrogens with two attached hydrogens (primary N) is 3. The largest absolute Gasteiger partial charge is 0.301 e. The Morgan fingerprint density at radius 1 is 1.22 bits per heavy atom. The summed E-state index contributed by atoms with van der Waals surface area (Å²) in [5.41, 5.74) is 16.0. The number of hydrogen-bond acceptors (Lipinski definition) is 3. The maximum absolute atomic E-state index is 5.34. The molecule has 0 bridgehead atoms. The maximum Gasteiger partial charge on any atom is 0.115 e. The molecule has 0 heterocycles. The fraction of sp³-hybridized carbons (Fsp3) is 1.00. The van der Waals surface area contributed by atoms with E-state index < -0.39 is 5.79 Å². The molecule has 0 saturated heterocycles. The molecular formula is C6H17N3. The molecule has 0 atom stereocenters. The van der Waals surface area contributed by atoms with Crippen molar-refractivity contribution in [1.29, 1.82) is 0 Å². The Balaban J connectivity index is 3.28. The molecule has 0 aromatic rings. The molecule has 0 aliphatic heterocycles. The van der Waals surface area contributed by atoms with E-state index in [1.807, 2.05) is 0 Å². The molecular weight excluding hydrogens is 114 g/mol. The SMILES string of the molecule is CC(C)CCC(N)(N)N. The molecule has 0 fully saturated rings. The van der Waals surface area contributed by atoms with Crippen molar-refractivity contribution in [1.82, 2.24) is 0 Å². The van der Waals surface area contributed by atoms with Crippen LogP contribution >= 0.6 is 0 Å². The van der Waals surface area contributed by atoms with Crippen molar-refractivity contribution in [2.75, 3.05) is 0 Å². The third kappa shape index (κ3) is 7.88. The minimum atomic E-state index is -0.968. The van der Waals surface area contributed by atoms with Crippen molar-refractivity contribution in [3.63, 3.8) is 0 Å². The monoisotopic (exact) mass is 131 g/mol. The van der Waals surface area contributed by atoms with Gasteiger partial charge in [-0.1, -0.05) is 13.8 Å². The van der Waals surface area contributed by atoms with Crippen LogP contribution in [0, 0.1) is 5.92 Å². The lowest BCUT2D eigenvalue weighted by Gasteiger charge is -2.18. The number of rotatable bonds is 3. The second kappa shape index (κ2) is 3.15. The Kier molecular flexibility index (Phi) is 3.11. The first-order valence-electron chi connectivity index (χ1n) is 3.28. The lowest BCUT2D eigenvalue weighted by Crippen LogP contribution is -2.57. The molecule has 0 radical (unpaired) electrons. The predicted molar refractivity (Wildman–Crippen MR) is 39.4 cm³/mol. The highest BCUT2D eigenvalue weighted by Crippen LogP contribution is 2.05. The van der Waals surface area contributed by atoms with Gasteiger partial charge < -0.3 is 17.2 Å². The van der Waals surface area contributed by atoms with E-state index in [9.17, 15) is 0 Å². The zero-order valence-corrected chi connectivity index (χ0v) is 6.22. The summed E-state index contributed by atoms with van der Waals surface area (Å²) in [7, 11) is 0. The van der Waals surface area contributed by atoms with Crippen molar-refractivity contribution in [3.8, 4) is 0 Å². The van der Waals surface area contributed by atoms with Gasteiger partial charge in [0.15, 0.2) is 0 Å². The molecule has 0 aromatic carbocycles. The highest BCUT2D eigenvalue weighted by molar-refractivity contribution is 4.67. The maximum atomic E-state index is 5.34. The van der Waals surface area contributed by atoms with Gasteiger partial charge in [-0.25, -0.2) is 0 Å². The minimum Gasteiger partial charge on any atom is -0.301 e. The lowest BCUT2D eigenvalue weighted by atomic mass is 10.1. The van der Waals surface area contributed by atoms with Crippen LogP contribution in [0.5, 0.6) is 0 Å². The van der Waals surface area contributed by atoms with Gasteiger partial charge in [0.05, 0.1) is 0 Å². The molecule has 0 unspecified atom stereocenters. The zero-order valence-electron chi connectivity index (χ0n) is 6.22.